The van der Waals surface area contributed by atoms with Gasteiger partial charge < -0.3 is 9.47 Å². The van der Waals surface area contributed by atoms with Crippen molar-refractivity contribution in [2.24, 2.45) is 7.05 Å². The third-order valence-corrected chi connectivity index (χ3v) is 6.26. The predicted molar refractivity (Wildman–Crippen MR) is 121 cm³/mol. The zero-order valence-corrected chi connectivity index (χ0v) is 17.8. The summed E-state index contributed by atoms with van der Waals surface area (Å²) < 4.78 is 3.40. The fourth-order valence-electron chi connectivity index (χ4n) is 4.38. The van der Waals surface area contributed by atoms with Gasteiger partial charge in [-0.1, -0.05) is 42.5 Å². The van der Waals surface area contributed by atoms with E-state index in [-0.39, 0.29) is 0 Å². The second-order valence-electron chi connectivity index (χ2n) is 8.32. The van der Waals surface area contributed by atoms with Crippen LogP contribution in [0.5, 0.6) is 0 Å². The van der Waals surface area contributed by atoms with Crippen LogP contribution in [0, 0.1) is 0 Å². The van der Waals surface area contributed by atoms with Gasteiger partial charge in [0.2, 0.25) is 0 Å². The molecule has 0 saturated carbocycles. The molecule has 2 aromatic heterocycles. The fraction of sp³-hybridized carbons (Fsp3) is 0.348. The fourth-order valence-corrected chi connectivity index (χ4v) is 4.38. The predicted octanol–water partition coefficient (Wildman–Crippen LogP) is 1.37. The van der Waals surface area contributed by atoms with Crippen molar-refractivity contribution >= 4 is 21.9 Å². The summed E-state index contributed by atoms with van der Waals surface area (Å²) in [5.74, 6) is 0.805. The van der Waals surface area contributed by atoms with Gasteiger partial charge in [0.15, 0.2) is 11.2 Å². The minimum absolute atomic E-state index is 0.393. The number of H-pyrrole nitrogens is 1. The Morgan fingerprint density at radius 3 is 2.48 bits per heavy atom. The molecule has 1 aliphatic rings. The van der Waals surface area contributed by atoms with Gasteiger partial charge in [0.25, 0.3) is 5.56 Å². The van der Waals surface area contributed by atoms with E-state index in [1.165, 1.54) is 4.57 Å². The molecule has 4 aromatic rings. The van der Waals surface area contributed by atoms with E-state index in [1.54, 1.807) is 7.05 Å². The molecular formula is C23H26N6O2. The first-order chi connectivity index (χ1) is 15.0. The number of aromatic amines is 1. The maximum absolute atomic E-state index is 12.8. The van der Waals surface area contributed by atoms with E-state index in [9.17, 15) is 9.59 Å². The van der Waals surface area contributed by atoms with Crippen LogP contribution in [0.3, 0.4) is 0 Å². The van der Waals surface area contributed by atoms with Crippen molar-refractivity contribution in [3.05, 3.63) is 74.7 Å². The van der Waals surface area contributed by atoms with Crippen LogP contribution < -0.4 is 11.2 Å². The number of benzene rings is 2. The van der Waals surface area contributed by atoms with Crippen LogP contribution in [-0.2, 0) is 20.1 Å². The van der Waals surface area contributed by atoms with Crippen molar-refractivity contribution < 1.29 is 0 Å². The zero-order valence-electron chi connectivity index (χ0n) is 17.8. The van der Waals surface area contributed by atoms with E-state index in [4.69, 9.17) is 4.98 Å². The summed E-state index contributed by atoms with van der Waals surface area (Å²) in [5.41, 5.74) is 1.15. The molecule has 8 nitrogen and oxygen atoms in total. The molecule has 0 aliphatic carbocycles. The molecule has 8 heteroatoms. The number of hydrogen-bond donors (Lipinski definition) is 1. The quantitative estimate of drug-likeness (QED) is 0.542. The van der Waals surface area contributed by atoms with Crippen molar-refractivity contribution in [3.63, 3.8) is 0 Å². The molecule has 0 amide bonds. The highest BCUT2D eigenvalue weighted by atomic mass is 16.2. The maximum Gasteiger partial charge on any atom is 0.329 e. The highest BCUT2D eigenvalue weighted by molar-refractivity contribution is 5.85. The van der Waals surface area contributed by atoms with Crippen molar-refractivity contribution in [1.82, 2.24) is 28.9 Å². The van der Waals surface area contributed by atoms with Crippen LogP contribution in [0.25, 0.3) is 21.9 Å². The van der Waals surface area contributed by atoms with Crippen molar-refractivity contribution in [2.45, 2.75) is 13.1 Å². The summed E-state index contributed by atoms with van der Waals surface area (Å²) >= 11 is 0. The lowest BCUT2D eigenvalue weighted by Crippen LogP contribution is -2.44. The number of likely N-dealkylation sites (N-methyl/N-ethyl adjacent to an activating group) is 1. The van der Waals surface area contributed by atoms with Crippen molar-refractivity contribution in [3.8, 4) is 0 Å². The summed E-state index contributed by atoms with van der Waals surface area (Å²) in [6, 6.07) is 14.5. The second-order valence-corrected chi connectivity index (χ2v) is 8.32. The van der Waals surface area contributed by atoms with Crippen molar-refractivity contribution in [2.75, 3.05) is 33.2 Å². The average molecular weight is 419 g/mol. The summed E-state index contributed by atoms with van der Waals surface area (Å²) in [6.07, 6.45) is 0. The van der Waals surface area contributed by atoms with Crippen LogP contribution in [0.1, 0.15) is 11.4 Å². The molecule has 1 saturated heterocycles. The number of imidazole rings is 1. The van der Waals surface area contributed by atoms with Crippen LogP contribution >= 0.6 is 0 Å². The second kappa shape index (κ2) is 7.79. The molecule has 0 bridgehead atoms. The van der Waals surface area contributed by atoms with Gasteiger partial charge in [-0.3, -0.25) is 19.2 Å². The van der Waals surface area contributed by atoms with Gasteiger partial charge in [-0.2, -0.15) is 0 Å². The van der Waals surface area contributed by atoms with Gasteiger partial charge in [0, 0.05) is 33.2 Å². The molecular weight excluding hydrogens is 392 g/mol. The molecule has 160 valence electrons. The minimum Gasteiger partial charge on any atom is -0.317 e. The summed E-state index contributed by atoms with van der Waals surface area (Å²) in [4.78, 5) is 36.9. The van der Waals surface area contributed by atoms with Gasteiger partial charge >= 0.3 is 5.69 Å². The van der Waals surface area contributed by atoms with Crippen molar-refractivity contribution in [1.29, 1.82) is 0 Å². The number of hydrogen-bond acceptors (Lipinski definition) is 5. The third kappa shape index (κ3) is 3.58. The van der Waals surface area contributed by atoms with Crippen LogP contribution in [0.4, 0.5) is 0 Å². The standard InChI is InChI=1S/C23H26N6O2/c1-26-10-12-28(13-11-26)15-19-24-21-20(22(30)25-23(31)27(21)2)29(19)14-17-8-5-7-16-6-3-4-9-18(16)17/h3-9H,10-15H2,1-2H3,(H,25,30,31). The van der Waals surface area contributed by atoms with E-state index in [0.29, 0.717) is 24.3 Å². The Morgan fingerprint density at radius 1 is 0.935 bits per heavy atom. The monoisotopic (exact) mass is 418 g/mol. The van der Waals surface area contributed by atoms with E-state index in [1.807, 2.05) is 22.8 Å². The molecule has 3 heterocycles. The molecule has 1 fully saturated rings. The lowest BCUT2D eigenvalue weighted by Gasteiger charge is -2.32. The SMILES string of the molecule is CN1CCN(Cc2nc3c(c(=O)[nH]c(=O)n3C)n2Cc2cccc3ccccc23)CC1. The molecule has 31 heavy (non-hydrogen) atoms. The third-order valence-electron chi connectivity index (χ3n) is 6.26. The molecule has 0 unspecified atom stereocenters. The van der Waals surface area contributed by atoms with Gasteiger partial charge in [-0.05, 0) is 23.4 Å². The van der Waals surface area contributed by atoms with E-state index >= 15 is 0 Å². The summed E-state index contributed by atoms with van der Waals surface area (Å²) in [5, 5.41) is 2.31. The lowest BCUT2D eigenvalue weighted by molar-refractivity contribution is 0.144. The number of nitrogens with one attached hydrogen (secondary N) is 1. The van der Waals surface area contributed by atoms with Crippen LogP contribution in [0.2, 0.25) is 0 Å². The first-order valence-electron chi connectivity index (χ1n) is 10.6. The number of fused-ring (bicyclic) bond motifs is 2. The topological polar surface area (TPSA) is 79.2 Å². The first-order valence-corrected chi connectivity index (χ1v) is 10.6. The number of aromatic nitrogens is 4. The van der Waals surface area contributed by atoms with Gasteiger partial charge in [-0.25, -0.2) is 9.78 Å². The molecule has 0 radical (unpaired) electrons. The van der Waals surface area contributed by atoms with E-state index < -0.39 is 11.2 Å². The summed E-state index contributed by atoms with van der Waals surface area (Å²) in [6.45, 7) is 5.06. The Labute approximate surface area is 179 Å². The highest BCUT2D eigenvalue weighted by Gasteiger charge is 2.21. The van der Waals surface area contributed by atoms with Crippen LogP contribution in [-0.4, -0.2) is 62.1 Å². The Balaban J connectivity index is 1.65. The molecule has 1 N–H and O–H groups in total. The molecule has 1 aliphatic heterocycles. The minimum atomic E-state index is -0.446. The Hall–Kier alpha value is -3.23. The Bertz CT molecular complexity index is 1370. The van der Waals surface area contributed by atoms with E-state index in [2.05, 4.69) is 46.1 Å². The first kappa shape index (κ1) is 19.7. The maximum atomic E-state index is 12.8. The van der Waals surface area contributed by atoms with E-state index in [0.717, 1.165) is 48.3 Å². The van der Waals surface area contributed by atoms with Gasteiger partial charge in [0.05, 0.1) is 13.1 Å². The smallest absolute Gasteiger partial charge is 0.317 e. The van der Waals surface area contributed by atoms with Gasteiger partial charge in [-0.15, -0.1) is 0 Å². The average Bonchev–Trinajstić information content (AvgIpc) is 3.12. The largest absolute Gasteiger partial charge is 0.329 e. The molecule has 0 spiro atoms. The van der Waals surface area contributed by atoms with Gasteiger partial charge in [0.1, 0.15) is 5.82 Å². The molecule has 2 aromatic carbocycles. The number of piperazine rings is 1. The number of aryl methyl sites for hydroxylation is 1. The number of nitrogens with zero attached hydrogens (tertiary/aromatic N) is 5. The lowest BCUT2D eigenvalue weighted by atomic mass is 10.0. The normalized spacial score (nSPS) is 15.8. The molecule has 0 atom stereocenters. The zero-order chi connectivity index (χ0) is 21.5. The highest BCUT2D eigenvalue weighted by Crippen LogP contribution is 2.22. The number of rotatable bonds is 4. The van der Waals surface area contributed by atoms with Crippen LogP contribution in [0.15, 0.2) is 52.1 Å². The molecule has 5 rings (SSSR count). The Morgan fingerprint density at radius 2 is 1.68 bits per heavy atom. The summed E-state index contributed by atoms with van der Waals surface area (Å²) in [7, 11) is 3.78. The Kier molecular flexibility index (Phi) is 4.95.